The topological polar surface area (TPSA) is 45.1 Å². The van der Waals surface area contributed by atoms with Gasteiger partial charge in [-0.1, -0.05) is 6.07 Å². The molecule has 0 saturated carbocycles. The smallest absolute Gasteiger partial charge is 0.149 e. The molecular formula is C6H8N2O. The van der Waals surface area contributed by atoms with Crippen molar-refractivity contribution in [2.24, 2.45) is 0 Å². The lowest BCUT2D eigenvalue weighted by Gasteiger charge is -1.95. The molecule has 0 amide bonds. The first kappa shape index (κ1) is 6.04. The van der Waals surface area contributed by atoms with Crippen LogP contribution in [0.5, 0.6) is 0 Å². The van der Waals surface area contributed by atoms with Crippen molar-refractivity contribution in [1.82, 2.24) is 4.98 Å². The van der Waals surface area contributed by atoms with Gasteiger partial charge in [0.05, 0.1) is 0 Å². The van der Waals surface area contributed by atoms with Crippen molar-refractivity contribution in [2.75, 3.05) is 5.48 Å². The lowest BCUT2D eigenvalue weighted by molar-refractivity contribution is 0.386. The molecule has 48 valence electrons. The molecule has 0 aromatic carbocycles. The van der Waals surface area contributed by atoms with Gasteiger partial charge in [-0.05, 0) is 18.6 Å². The van der Waals surface area contributed by atoms with Crippen LogP contribution in [0.2, 0.25) is 0 Å². The molecule has 1 aromatic rings. The molecular weight excluding hydrogens is 116 g/mol. The van der Waals surface area contributed by atoms with Crippen LogP contribution in [0.15, 0.2) is 18.3 Å². The zero-order chi connectivity index (χ0) is 6.69. The molecule has 1 aromatic heterocycles. The van der Waals surface area contributed by atoms with Crippen molar-refractivity contribution in [2.45, 2.75) is 6.92 Å². The number of nitrogens with zero attached hydrogens (tertiary/aromatic N) is 1. The van der Waals surface area contributed by atoms with Crippen LogP contribution in [0.4, 0.5) is 5.82 Å². The second-order valence-corrected chi connectivity index (χ2v) is 1.83. The lowest BCUT2D eigenvalue weighted by Crippen LogP contribution is -1.91. The van der Waals surface area contributed by atoms with E-state index in [0.29, 0.717) is 5.82 Å². The third-order valence-electron chi connectivity index (χ3n) is 1.03. The monoisotopic (exact) mass is 124 g/mol. The molecule has 0 radical (unpaired) electrons. The molecule has 0 saturated heterocycles. The van der Waals surface area contributed by atoms with Crippen molar-refractivity contribution in [1.29, 1.82) is 0 Å². The summed E-state index contributed by atoms with van der Waals surface area (Å²) in [6.45, 7) is 1.94. The number of rotatable bonds is 1. The van der Waals surface area contributed by atoms with E-state index in [9.17, 15) is 0 Å². The van der Waals surface area contributed by atoms with E-state index in [2.05, 4.69) is 4.98 Å². The summed E-state index contributed by atoms with van der Waals surface area (Å²) < 4.78 is 0. The Balaban J connectivity index is 2.88. The first-order valence-corrected chi connectivity index (χ1v) is 2.65. The number of pyridine rings is 1. The van der Waals surface area contributed by atoms with Crippen LogP contribution < -0.4 is 5.48 Å². The summed E-state index contributed by atoms with van der Waals surface area (Å²) in [5, 5.41) is 8.32. The predicted molar refractivity (Wildman–Crippen MR) is 34.4 cm³/mol. The number of hydrogen-bond acceptors (Lipinski definition) is 3. The van der Waals surface area contributed by atoms with Crippen molar-refractivity contribution in [3.8, 4) is 0 Å². The molecule has 0 aliphatic carbocycles. The van der Waals surface area contributed by atoms with E-state index in [1.54, 1.807) is 12.3 Å². The highest BCUT2D eigenvalue weighted by atomic mass is 16.5. The van der Waals surface area contributed by atoms with Crippen molar-refractivity contribution >= 4 is 5.82 Å². The van der Waals surface area contributed by atoms with E-state index >= 15 is 0 Å². The Bertz CT molecular complexity index is 183. The largest absolute Gasteiger partial charge is 0.290 e. The molecule has 0 fully saturated rings. The summed E-state index contributed by atoms with van der Waals surface area (Å²) in [6.07, 6.45) is 1.68. The number of aryl methyl sites for hydroxylation is 1. The van der Waals surface area contributed by atoms with Crippen LogP contribution >= 0.6 is 0 Å². The molecule has 0 bridgehead atoms. The quantitative estimate of drug-likeness (QED) is 0.553. The standard InChI is InChI=1S/C6H8N2O/c1-5-2-3-6(8-9)7-4-5/h2-4,9H,1H3,(H,7,8). The maximum atomic E-state index is 8.32. The maximum Gasteiger partial charge on any atom is 0.149 e. The fourth-order valence-corrected chi connectivity index (χ4v) is 0.534. The predicted octanol–water partition coefficient (Wildman–Crippen LogP) is 1.19. The minimum absolute atomic E-state index is 0.473. The van der Waals surface area contributed by atoms with E-state index < -0.39 is 0 Å². The van der Waals surface area contributed by atoms with E-state index in [4.69, 9.17) is 5.21 Å². The van der Waals surface area contributed by atoms with Crippen LogP contribution in [-0.2, 0) is 0 Å². The van der Waals surface area contributed by atoms with Crippen LogP contribution in [0, 0.1) is 6.92 Å². The Kier molecular flexibility index (Phi) is 1.65. The molecule has 1 rings (SSSR count). The highest BCUT2D eigenvalue weighted by Gasteiger charge is 1.86. The molecule has 3 nitrogen and oxygen atoms in total. The number of aromatic nitrogens is 1. The fraction of sp³-hybridized carbons (Fsp3) is 0.167. The zero-order valence-electron chi connectivity index (χ0n) is 5.13. The Morgan fingerprint density at radius 3 is 2.78 bits per heavy atom. The first-order valence-electron chi connectivity index (χ1n) is 2.65. The van der Waals surface area contributed by atoms with Gasteiger partial charge < -0.3 is 0 Å². The van der Waals surface area contributed by atoms with Crippen molar-refractivity contribution in [3.05, 3.63) is 23.9 Å². The van der Waals surface area contributed by atoms with Gasteiger partial charge in [-0.2, -0.15) is 0 Å². The summed E-state index contributed by atoms with van der Waals surface area (Å²) >= 11 is 0. The average Bonchev–Trinajstić information content (AvgIpc) is 1.90. The Morgan fingerprint density at radius 2 is 2.33 bits per heavy atom. The van der Waals surface area contributed by atoms with Gasteiger partial charge >= 0.3 is 0 Å². The van der Waals surface area contributed by atoms with Gasteiger partial charge in [-0.25, -0.2) is 4.98 Å². The van der Waals surface area contributed by atoms with Crippen LogP contribution in [0.3, 0.4) is 0 Å². The van der Waals surface area contributed by atoms with Gasteiger partial charge in [0.25, 0.3) is 0 Å². The molecule has 0 aliphatic heterocycles. The summed E-state index contributed by atoms with van der Waals surface area (Å²) in [7, 11) is 0. The molecule has 0 spiro atoms. The first-order chi connectivity index (χ1) is 4.33. The number of anilines is 1. The van der Waals surface area contributed by atoms with Gasteiger partial charge in [0.15, 0.2) is 0 Å². The van der Waals surface area contributed by atoms with Crippen LogP contribution in [0.25, 0.3) is 0 Å². The third-order valence-corrected chi connectivity index (χ3v) is 1.03. The molecule has 0 aliphatic rings. The molecule has 9 heavy (non-hydrogen) atoms. The van der Waals surface area contributed by atoms with Crippen LogP contribution in [0.1, 0.15) is 5.56 Å². The van der Waals surface area contributed by atoms with Gasteiger partial charge in [-0.15, -0.1) is 0 Å². The highest BCUT2D eigenvalue weighted by Crippen LogP contribution is 2.00. The Labute approximate surface area is 53.3 Å². The minimum atomic E-state index is 0.473. The minimum Gasteiger partial charge on any atom is -0.290 e. The van der Waals surface area contributed by atoms with Gasteiger partial charge in [-0.3, -0.25) is 10.7 Å². The second kappa shape index (κ2) is 2.46. The summed E-state index contributed by atoms with van der Waals surface area (Å²) in [5.41, 5.74) is 3.02. The van der Waals surface area contributed by atoms with E-state index in [1.165, 1.54) is 0 Å². The molecule has 0 atom stereocenters. The molecule has 2 N–H and O–H groups in total. The van der Waals surface area contributed by atoms with E-state index in [-0.39, 0.29) is 0 Å². The van der Waals surface area contributed by atoms with Crippen molar-refractivity contribution < 1.29 is 5.21 Å². The SMILES string of the molecule is Cc1ccc(NO)nc1. The Morgan fingerprint density at radius 1 is 1.56 bits per heavy atom. The molecule has 1 heterocycles. The van der Waals surface area contributed by atoms with Gasteiger partial charge in [0.2, 0.25) is 0 Å². The number of hydrogen-bond donors (Lipinski definition) is 2. The van der Waals surface area contributed by atoms with Gasteiger partial charge in [0.1, 0.15) is 5.82 Å². The van der Waals surface area contributed by atoms with Crippen molar-refractivity contribution in [3.63, 3.8) is 0 Å². The summed E-state index contributed by atoms with van der Waals surface area (Å²) in [4.78, 5) is 3.84. The number of nitrogens with one attached hydrogen (secondary N) is 1. The fourth-order valence-electron chi connectivity index (χ4n) is 0.534. The van der Waals surface area contributed by atoms with Crippen LogP contribution in [-0.4, -0.2) is 10.2 Å². The lowest BCUT2D eigenvalue weighted by atomic mass is 10.3. The average molecular weight is 124 g/mol. The van der Waals surface area contributed by atoms with Gasteiger partial charge in [0, 0.05) is 6.20 Å². The Hall–Kier alpha value is -1.09. The van der Waals surface area contributed by atoms with E-state index in [1.807, 2.05) is 18.5 Å². The second-order valence-electron chi connectivity index (χ2n) is 1.83. The van der Waals surface area contributed by atoms with E-state index in [0.717, 1.165) is 5.56 Å². The zero-order valence-corrected chi connectivity index (χ0v) is 5.13. The third kappa shape index (κ3) is 1.40. The summed E-state index contributed by atoms with van der Waals surface area (Å²) in [5.74, 6) is 0.473. The normalized spacial score (nSPS) is 9.11. The summed E-state index contributed by atoms with van der Waals surface area (Å²) in [6, 6.07) is 3.57. The molecule has 0 unspecified atom stereocenters. The maximum absolute atomic E-state index is 8.32. The highest BCUT2D eigenvalue weighted by molar-refractivity contribution is 5.31. The molecule has 3 heteroatoms.